The Morgan fingerprint density at radius 3 is 1.43 bits per heavy atom. The second kappa shape index (κ2) is 44.3. The van der Waals surface area contributed by atoms with Crippen molar-refractivity contribution in [2.75, 3.05) is 26.4 Å². The Labute approximate surface area is 355 Å². The second-order valence-corrected chi connectivity index (χ2v) is 16.7. The van der Waals surface area contributed by atoms with Crippen LogP contribution in [0.2, 0.25) is 0 Å². The Morgan fingerprint density at radius 2 is 0.948 bits per heavy atom. The number of phosphoric ester groups is 1. The van der Waals surface area contributed by atoms with Gasteiger partial charge in [-0.15, -0.1) is 0 Å². The summed E-state index contributed by atoms with van der Waals surface area (Å²) in [5.74, 6) is -0.848. The molecule has 0 aromatic heterocycles. The Bertz CT molecular complexity index is 1130. The Kier molecular flexibility index (Phi) is 42.5. The molecular formula is C48H86NO8P. The second-order valence-electron chi connectivity index (χ2n) is 15.2. The van der Waals surface area contributed by atoms with Crippen molar-refractivity contribution in [2.45, 2.75) is 206 Å². The summed E-state index contributed by atoms with van der Waals surface area (Å²) in [6, 6.07) is 0. The Morgan fingerprint density at radius 1 is 0.534 bits per heavy atom. The van der Waals surface area contributed by atoms with E-state index in [-0.39, 0.29) is 32.6 Å². The highest BCUT2D eigenvalue weighted by Crippen LogP contribution is 2.43. The minimum atomic E-state index is -4.39. The number of carbonyl (C=O) groups excluding carboxylic acids is 2. The van der Waals surface area contributed by atoms with Crippen molar-refractivity contribution in [3.8, 4) is 0 Å². The average molecular weight is 836 g/mol. The largest absolute Gasteiger partial charge is 0.472 e. The molecule has 0 aromatic carbocycles. The van der Waals surface area contributed by atoms with Gasteiger partial charge in [-0.2, -0.15) is 0 Å². The third-order valence-corrected chi connectivity index (χ3v) is 10.6. The molecule has 58 heavy (non-hydrogen) atoms. The molecule has 0 saturated carbocycles. The number of esters is 2. The molecule has 336 valence electrons. The summed E-state index contributed by atoms with van der Waals surface area (Å²) in [6.45, 7) is 3.60. The molecule has 9 nitrogen and oxygen atoms in total. The molecule has 0 heterocycles. The minimum Gasteiger partial charge on any atom is -0.462 e. The molecule has 0 fully saturated rings. The van der Waals surface area contributed by atoms with E-state index in [0.717, 1.165) is 89.9 Å². The average Bonchev–Trinajstić information content (AvgIpc) is 3.21. The molecule has 0 aliphatic carbocycles. The molecule has 0 saturated heterocycles. The van der Waals surface area contributed by atoms with E-state index in [9.17, 15) is 19.0 Å². The van der Waals surface area contributed by atoms with Crippen LogP contribution in [-0.2, 0) is 32.7 Å². The first-order chi connectivity index (χ1) is 28.3. The van der Waals surface area contributed by atoms with Crippen LogP contribution in [0, 0.1) is 0 Å². The molecule has 0 aliphatic rings. The molecule has 0 rings (SSSR count). The van der Waals surface area contributed by atoms with Gasteiger partial charge in [-0.25, -0.2) is 4.57 Å². The predicted octanol–water partition coefficient (Wildman–Crippen LogP) is 13.7. The monoisotopic (exact) mass is 836 g/mol. The lowest BCUT2D eigenvalue weighted by molar-refractivity contribution is -0.161. The van der Waals surface area contributed by atoms with E-state index < -0.39 is 32.5 Å². The zero-order valence-electron chi connectivity index (χ0n) is 37.0. The van der Waals surface area contributed by atoms with Crippen LogP contribution in [0.25, 0.3) is 0 Å². The van der Waals surface area contributed by atoms with Gasteiger partial charge >= 0.3 is 19.8 Å². The lowest BCUT2D eigenvalue weighted by Gasteiger charge is -2.19. The molecule has 0 radical (unpaired) electrons. The number of rotatable bonds is 43. The zero-order valence-corrected chi connectivity index (χ0v) is 37.9. The molecule has 0 amide bonds. The van der Waals surface area contributed by atoms with Crippen LogP contribution >= 0.6 is 7.82 Å². The highest BCUT2D eigenvalue weighted by molar-refractivity contribution is 7.47. The maximum Gasteiger partial charge on any atom is 0.472 e. The van der Waals surface area contributed by atoms with Crippen LogP contribution in [0.15, 0.2) is 60.8 Å². The van der Waals surface area contributed by atoms with Crippen LogP contribution in [0.5, 0.6) is 0 Å². The number of carbonyl (C=O) groups is 2. The fraction of sp³-hybridized carbons (Fsp3) is 0.750. The van der Waals surface area contributed by atoms with E-state index in [1.165, 1.54) is 77.0 Å². The fourth-order valence-corrected chi connectivity index (χ4v) is 6.97. The van der Waals surface area contributed by atoms with E-state index in [0.29, 0.717) is 6.42 Å². The highest BCUT2D eigenvalue weighted by atomic mass is 31.2. The normalized spacial score (nSPS) is 13.8. The smallest absolute Gasteiger partial charge is 0.462 e. The molecule has 10 heteroatoms. The molecule has 0 spiro atoms. The number of nitrogens with two attached hydrogens (primary N) is 1. The highest BCUT2D eigenvalue weighted by Gasteiger charge is 2.26. The lowest BCUT2D eigenvalue weighted by atomic mass is 10.1. The number of unbranched alkanes of at least 4 members (excludes halogenated alkanes) is 20. The number of phosphoric acid groups is 1. The number of hydrogen-bond acceptors (Lipinski definition) is 8. The van der Waals surface area contributed by atoms with E-state index in [1.54, 1.807) is 0 Å². The van der Waals surface area contributed by atoms with Gasteiger partial charge < -0.3 is 20.1 Å². The standard InChI is InChI=1S/C48H86NO8P/c1-3-5-7-9-11-13-15-17-19-21-22-23-24-25-27-29-31-33-35-37-39-41-48(51)57-46(45-56-58(52,53)55-43-42-49)44-54-47(50)40-38-36-34-32-30-28-26-20-18-16-14-12-10-8-6-4-2/h5,7,11,13,17,19-20,22-23,26,46H,3-4,6,8-10,12,14-16,18,21,24-25,27-45,49H2,1-2H3,(H,52,53)/b7-5-,13-11-,19-17-,23-22-,26-20-. The van der Waals surface area contributed by atoms with Crippen molar-refractivity contribution >= 4 is 19.8 Å². The quantitative estimate of drug-likeness (QED) is 0.0266. The van der Waals surface area contributed by atoms with Crippen LogP contribution < -0.4 is 5.73 Å². The summed E-state index contributed by atoms with van der Waals surface area (Å²) in [4.78, 5) is 34.9. The molecule has 2 unspecified atom stereocenters. The summed E-state index contributed by atoms with van der Waals surface area (Å²) >= 11 is 0. The zero-order chi connectivity index (χ0) is 42.5. The summed E-state index contributed by atoms with van der Waals surface area (Å²) in [6.07, 6.45) is 52.5. The van der Waals surface area contributed by atoms with E-state index >= 15 is 0 Å². The SMILES string of the molecule is CC/C=C\C/C=C\C/C=C\C/C=C\CCCCCCCCCCC(=O)OC(COC(=O)CCCCCCC/C=C\CCCCCCCCC)COP(=O)(O)OCCN. The maximum absolute atomic E-state index is 12.6. The fourth-order valence-electron chi connectivity index (χ4n) is 6.21. The van der Waals surface area contributed by atoms with Gasteiger partial charge in [0.2, 0.25) is 0 Å². The summed E-state index contributed by atoms with van der Waals surface area (Å²) in [7, 11) is -4.39. The van der Waals surface area contributed by atoms with Crippen LogP contribution in [0.1, 0.15) is 200 Å². The van der Waals surface area contributed by atoms with Gasteiger partial charge in [-0.3, -0.25) is 18.6 Å². The molecule has 3 N–H and O–H groups in total. The summed E-state index contributed by atoms with van der Waals surface area (Å²) in [5.41, 5.74) is 5.35. The van der Waals surface area contributed by atoms with Gasteiger partial charge in [0.1, 0.15) is 6.61 Å². The van der Waals surface area contributed by atoms with Crippen molar-refractivity contribution in [2.24, 2.45) is 5.73 Å². The summed E-state index contributed by atoms with van der Waals surface area (Å²) in [5, 5.41) is 0. The van der Waals surface area contributed by atoms with Crippen LogP contribution in [0.4, 0.5) is 0 Å². The van der Waals surface area contributed by atoms with E-state index in [1.807, 2.05) is 0 Å². The Balaban J connectivity index is 4.14. The van der Waals surface area contributed by atoms with Crippen LogP contribution in [0.3, 0.4) is 0 Å². The molecule has 0 aromatic rings. The topological polar surface area (TPSA) is 134 Å². The first-order valence-corrected chi connectivity index (χ1v) is 24.8. The minimum absolute atomic E-state index is 0.0486. The van der Waals surface area contributed by atoms with Crippen molar-refractivity contribution in [1.29, 1.82) is 0 Å². The molecule has 0 aliphatic heterocycles. The number of hydrogen-bond donors (Lipinski definition) is 2. The van der Waals surface area contributed by atoms with Crippen molar-refractivity contribution in [3.05, 3.63) is 60.8 Å². The van der Waals surface area contributed by atoms with E-state index in [2.05, 4.69) is 74.6 Å². The Hall–Kier alpha value is -2.29. The number of ether oxygens (including phenoxy) is 2. The third kappa shape index (κ3) is 43.3. The maximum atomic E-state index is 12.6. The van der Waals surface area contributed by atoms with Gasteiger partial charge in [0.05, 0.1) is 13.2 Å². The van der Waals surface area contributed by atoms with Crippen molar-refractivity contribution in [1.82, 2.24) is 0 Å². The number of allylic oxidation sites excluding steroid dienone is 10. The lowest BCUT2D eigenvalue weighted by Crippen LogP contribution is -2.29. The summed E-state index contributed by atoms with van der Waals surface area (Å²) < 4.78 is 32.8. The van der Waals surface area contributed by atoms with E-state index in [4.69, 9.17) is 24.3 Å². The van der Waals surface area contributed by atoms with Gasteiger partial charge in [0, 0.05) is 19.4 Å². The molecule has 2 atom stereocenters. The third-order valence-electron chi connectivity index (χ3n) is 9.64. The van der Waals surface area contributed by atoms with Gasteiger partial charge in [0.15, 0.2) is 6.10 Å². The van der Waals surface area contributed by atoms with Crippen LogP contribution in [-0.4, -0.2) is 49.3 Å². The first kappa shape index (κ1) is 55.7. The van der Waals surface area contributed by atoms with Gasteiger partial charge in [0.25, 0.3) is 0 Å². The molecule has 0 bridgehead atoms. The van der Waals surface area contributed by atoms with Gasteiger partial charge in [-0.05, 0) is 77.0 Å². The first-order valence-electron chi connectivity index (χ1n) is 23.3. The van der Waals surface area contributed by atoms with Crippen molar-refractivity contribution < 1.29 is 37.6 Å². The predicted molar refractivity (Wildman–Crippen MR) is 243 cm³/mol. The molecular weight excluding hydrogens is 750 g/mol. The van der Waals surface area contributed by atoms with Crippen molar-refractivity contribution in [3.63, 3.8) is 0 Å². The van der Waals surface area contributed by atoms with Gasteiger partial charge in [-0.1, -0.05) is 171 Å².